The number of aromatic amines is 1. The summed E-state index contributed by atoms with van der Waals surface area (Å²) in [5.74, 6) is 0.424. The van der Waals surface area contributed by atoms with Crippen LogP contribution in [0.25, 0.3) is 10.9 Å². The van der Waals surface area contributed by atoms with Gasteiger partial charge in [0.2, 0.25) is 0 Å². The third-order valence-corrected chi connectivity index (χ3v) is 2.36. The number of aromatic nitrogens is 1. The predicted molar refractivity (Wildman–Crippen MR) is 56.8 cm³/mol. The molecule has 74 valence electrons. The van der Waals surface area contributed by atoms with Crippen LogP contribution >= 0.6 is 0 Å². The molecule has 0 radical (unpaired) electrons. The zero-order chi connectivity index (χ0) is 10.1. The Hall–Kier alpha value is -1.31. The molecule has 1 heterocycles. The number of hydrogen-bond donors (Lipinski definition) is 1. The lowest BCUT2D eigenvalue weighted by atomic mass is 10.0. The number of rotatable bonds is 2. The van der Waals surface area contributed by atoms with Crippen LogP contribution in [0.3, 0.4) is 0 Å². The van der Waals surface area contributed by atoms with Crippen molar-refractivity contribution >= 4 is 10.9 Å². The Balaban J connectivity index is 2.55. The van der Waals surface area contributed by atoms with Gasteiger partial charge in [0.15, 0.2) is 0 Å². The minimum Gasteiger partial charge on any atom is -0.361 e. The van der Waals surface area contributed by atoms with Gasteiger partial charge in [-0.3, -0.25) is 0 Å². The highest BCUT2D eigenvalue weighted by molar-refractivity contribution is 5.83. The molecule has 2 aromatic rings. The maximum Gasteiger partial charge on any atom is 0.132 e. The predicted octanol–water partition coefficient (Wildman–Crippen LogP) is 3.51. The van der Waals surface area contributed by atoms with Crippen LogP contribution in [0, 0.1) is 11.7 Å². The monoisotopic (exact) mass is 191 g/mol. The molecule has 2 heteroatoms. The van der Waals surface area contributed by atoms with E-state index in [9.17, 15) is 4.39 Å². The molecule has 0 saturated carbocycles. The van der Waals surface area contributed by atoms with Gasteiger partial charge in [-0.1, -0.05) is 19.9 Å². The van der Waals surface area contributed by atoms with Gasteiger partial charge in [-0.15, -0.1) is 0 Å². The smallest absolute Gasteiger partial charge is 0.132 e. The summed E-state index contributed by atoms with van der Waals surface area (Å²) in [4.78, 5) is 3.09. The molecule has 0 aliphatic carbocycles. The maximum absolute atomic E-state index is 13.5. The van der Waals surface area contributed by atoms with Gasteiger partial charge in [0.1, 0.15) is 5.82 Å². The molecule has 0 spiro atoms. The summed E-state index contributed by atoms with van der Waals surface area (Å²) >= 11 is 0. The van der Waals surface area contributed by atoms with Crippen LogP contribution in [-0.4, -0.2) is 4.98 Å². The first kappa shape index (κ1) is 9.25. The Bertz CT molecular complexity index is 443. The summed E-state index contributed by atoms with van der Waals surface area (Å²) in [5, 5.41) is 0.751. The molecule has 0 aliphatic rings. The van der Waals surface area contributed by atoms with Crippen molar-refractivity contribution in [2.45, 2.75) is 20.3 Å². The van der Waals surface area contributed by atoms with Gasteiger partial charge in [-0.05, 0) is 30.0 Å². The molecule has 2 rings (SSSR count). The Labute approximate surface area is 82.9 Å². The highest BCUT2D eigenvalue weighted by Crippen LogP contribution is 2.23. The van der Waals surface area contributed by atoms with E-state index in [-0.39, 0.29) is 5.82 Å². The fourth-order valence-electron chi connectivity index (χ4n) is 1.81. The topological polar surface area (TPSA) is 15.8 Å². The first-order valence-electron chi connectivity index (χ1n) is 4.93. The second-order valence-electron chi connectivity index (χ2n) is 4.07. The molecule has 1 nitrogen and oxygen atoms in total. The third kappa shape index (κ3) is 1.52. The minimum atomic E-state index is -0.126. The van der Waals surface area contributed by atoms with Gasteiger partial charge in [0.05, 0.1) is 0 Å². The highest BCUT2D eigenvalue weighted by atomic mass is 19.1. The first-order valence-corrected chi connectivity index (χ1v) is 4.93. The van der Waals surface area contributed by atoms with Crippen molar-refractivity contribution in [2.75, 3.05) is 0 Å². The van der Waals surface area contributed by atoms with E-state index in [1.54, 1.807) is 6.07 Å². The highest BCUT2D eigenvalue weighted by Gasteiger charge is 2.08. The van der Waals surface area contributed by atoms with E-state index in [0.29, 0.717) is 5.92 Å². The van der Waals surface area contributed by atoms with E-state index < -0.39 is 0 Å². The number of fused-ring (bicyclic) bond motifs is 1. The lowest BCUT2D eigenvalue weighted by Crippen LogP contribution is -1.93. The standard InChI is InChI=1S/C12H14FN/c1-8(2)6-9-7-14-11-5-3-4-10(13)12(9)11/h3-5,7-8,14H,6H2,1-2H3. The van der Waals surface area contributed by atoms with Crippen molar-refractivity contribution in [1.29, 1.82) is 0 Å². The van der Waals surface area contributed by atoms with E-state index in [1.807, 2.05) is 12.3 Å². The molecule has 1 N–H and O–H groups in total. The number of hydrogen-bond acceptors (Lipinski definition) is 0. The van der Waals surface area contributed by atoms with Crippen LogP contribution in [0.1, 0.15) is 19.4 Å². The summed E-state index contributed by atoms with van der Waals surface area (Å²) in [5.41, 5.74) is 1.97. The average molecular weight is 191 g/mol. The second kappa shape index (κ2) is 3.45. The number of H-pyrrole nitrogens is 1. The SMILES string of the molecule is CC(C)Cc1c[nH]c2cccc(F)c12. The van der Waals surface area contributed by atoms with Crippen molar-refractivity contribution in [3.8, 4) is 0 Å². The number of halogens is 1. The molecule has 0 amide bonds. The second-order valence-corrected chi connectivity index (χ2v) is 4.07. The van der Waals surface area contributed by atoms with E-state index in [1.165, 1.54) is 6.07 Å². The van der Waals surface area contributed by atoms with Gasteiger partial charge in [0, 0.05) is 17.1 Å². The first-order chi connectivity index (χ1) is 6.68. The fraction of sp³-hybridized carbons (Fsp3) is 0.333. The Morgan fingerprint density at radius 2 is 2.14 bits per heavy atom. The van der Waals surface area contributed by atoms with E-state index in [4.69, 9.17) is 0 Å². The number of benzene rings is 1. The van der Waals surface area contributed by atoms with Crippen LogP contribution in [0.5, 0.6) is 0 Å². The lowest BCUT2D eigenvalue weighted by molar-refractivity contribution is 0.629. The van der Waals surface area contributed by atoms with Crippen LogP contribution in [0.4, 0.5) is 4.39 Å². The molecule has 0 fully saturated rings. The third-order valence-electron chi connectivity index (χ3n) is 2.36. The number of nitrogens with one attached hydrogen (secondary N) is 1. The molecule has 0 atom stereocenters. The summed E-state index contributed by atoms with van der Waals surface area (Å²) < 4.78 is 13.5. The molecule has 1 aromatic heterocycles. The van der Waals surface area contributed by atoms with Gasteiger partial charge < -0.3 is 4.98 Å². The molecule has 0 saturated heterocycles. The van der Waals surface area contributed by atoms with Crippen LogP contribution in [-0.2, 0) is 6.42 Å². The lowest BCUT2D eigenvalue weighted by Gasteiger charge is -2.02. The van der Waals surface area contributed by atoms with Crippen LogP contribution < -0.4 is 0 Å². The molecule has 1 aromatic carbocycles. The van der Waals surface area contributed by atoms with E-state index >= 15 is 0 Å². The normalized spacial score (nSPS) is 11.4. The molecular formula is C12H14FN. The van der Waals surface area contributed by atoms with Crippen molar-refractivity contribution < 1.29 is 4.39 Å². The Morgan fingerprint density at radius 1 is 1.36 bits per heavy atom. The van der Waals surface area contributed by atoms with Crippen molar-refractivity contribution in [2.24, 2.45) is 5.92 Å². The zero-order valence-corrected chi connectivity index (χ0v) is 8.47. The zero-order valence-electron chi connectivity index (χ0n) is 8.47. The van der Waals surface area contributed by atoms with Gasteiger partial charge in [-0.25, -0.2) is 4.39 Å². The molecule has 0 unspecified atom stereocenters. The summed E-state index contributed by atoms with van der Waals surface area (Å²) in [7, 11) is 0. The maximum atomic E-state index is 13.5. The van der Waals surface area contributed by atoms with Gasteiger partial charge in [-0.2, -0.15) is 0 Å². The summed E-state index contributed by atoms with van der Waals surface area (Å²) in [6.45, 7) is 4.28. The van der Waals surface area contributed by atoms with Crippen LogP contribution in [0.2, 0.25) is 0 Å². The van der Waals surface area contributed by atoms with Crippen molar-refractivity contribution in [3.63, 3.8) is 0 Å². The molecule has 14 heavy (non-hydrogen) atoms. The molecule has 0 aliphatic heterocycles. The van der Waals surface area contributed by atoms with Crippen molar-refractivity contribution in [1.82, 2.24) is 4.98 Å². The fourth-order valence-corrected chi connectivity index (χ4v) is 1.81. The average Bonchev–Trinajstić information content (AvgIpc) is 2.49. The Kier molecular flexibility index (Phi) is 2.28. The Morgan fingerprint density at radius 3 is 2.86 bits per heavy atom. The molecule has 0 bridgehead atoms. The van der Waals surface area contributed by atoms with Crippen LogP contribution in [0.15, 0.2) is 24.4 Å². The molecular weight excluding hydrogens is 177 g/mol. The minimum absolute atomic E-state index is 0.126. The van der Waals surface area contributed by atoms with Crippen molar-refractivity contribution in [3.05, 3.63) is 35.8 Å². The largest absolute Gasteiger partial charge is 0.361 e. The quantitative estimate of drug-likeness (QED) is 0.747. The van der Waals surface area contributed by atoms with E-state index in [2.05, 4.69) is 18.8 Å². The summed E-state index contributed by atoms with van der Waals surface area (Å²) in [6.07, 6.45) is 2.83. The van der Waals surface area contributed by atoms with Gasteiger partial charge >= 0.3 is 0 Å². The van der Waals surface area contributed by atoms with E-state index in [0.717, 1.165) is 22.9 Å². The van der Waals surface area contributed by atoms with Gasteiger partial charge in [0.25, 0.3) is 0 Å². The summed E-state index contributed by atoms with van der Waals surface area (Å²) in [6, 6.07) is 5.15.